The fraction of sp³-hybridized carbons (Fsp3) is 0.333. The summed E-state index contributed by atoms with van der Waals surface area (Å²) in [6.45, 7) is -0.452. The third-order valence-corrected chi connectivity index (χ3v) is 4.05. The highest BCUT2D eigenvalue weighted by Gasteiger charge is 2.45. The van der Waals surface area contributed by atoms with Crippen LogP contribution in [-0.2, 0) is 4.74 Å². The molecule has 0 aliphatic carbocycles. The van der Waals surface area contributed by atoms with E-state index in [0.717, 1.165) is 5.56 Å². The minimum atomic E-state index is -1.66. The van der Waals surface area contributed by atoms with Gasteiger partial charge in [-0.25, -0.2) is 14.4 Å². The van der Waals surface area contributed by atoms with Gasteiger partial charge in [-0.15, -0.1) is 0 Å². The lowest BCUT2D eigenvalue weighted by Gasteiger charge is -2.16. The highest BCUT2D eigenvalue weighted by atomic mass is 19.1. The predicted octanol–water partition coefficient (Wildman–Crippen LogP) is 1.28. The van der Waals surface area contributed by atoms with E-state index in [1.165, 1.54) is 10.9 Å². The zero-order valence-electron chi connectivity index (χ0n) is 11.9. The first kappa shape index (κ1) is 14.3. The van der Waals surface area contributed by atoms with E-state index in [-0.39, 0.29) is 0 Å². The van der Waals surface area contributed by atoms with Gasteiger partial charge in [-0.2, -0.15) is 0 Å². The van der Waals surface area contributed by atoms with Gasteiger partial charge in [0.1, 0.15) is 24.2 Å². The number of aromatic nitrogens is 3. The molecule has 4 atom stereocenters. The minimum Gasteiger partial charge on any atom is -0.472 e. The van der Waals surface area contributed by atoms with Gasteiger partial charge < -0.3 is 23.9 Å². The van der Waals surface area contributed by atoms with Gasteiger partial charge >= 0.3 is 0 Å². The minimum absolute atomic E-state index is 0.452. The summed E-state index contributed by atoms with van der Waals surface area (Å²) in [5, 5.41) is 19.7. The molecule has 3 aromatic heterocycles. The van der Waals surface area contributed by atoms with E-state index in [2.05, 4.69) is 9.97 Å². The van der Waals surface area contributed by atoms with Crippen molar-refractivity contribution in [3.63, 3.8) is 0 Å². The van der Waals surface area contributed by atoms with Gasteiger partial charge in [0.05, 0.1) is 24.8 Å². The molecule has 4 rings (SSSR count). The van der Waals surface area contributed by atoms with Crippen molar-refractivity contribution in [2.75, 3.05) is 6.61 Å². The largest absolute Gasteiger partial charge is 0.472 e. The van der Waals surface area contributed by atoms with Gasteiger partial charge in [-0.1, -0.05) is 0 Å². The molecule has 1 saturated heterocycles. The molecule has 0 amide bonds. The number of alkyl halides is 1. The normalized spacial score (nSPS) is 27.8. The topological polar surface area (TPSA) is 93.5 Å². The van der Waals surface area contributed by atoms with Crippen LogP contribution in [0.25, 0.3) is 22.3 Å². The molecule has 1 aliphatic rings. The van der Waals surface area contributed by atoms with Crippen molar-refractivity contribution in [1.29, 1.82) is 0 Å². The molecule has 1 aliphatic heterocycles. The molecule has 0 saturated carbocycles. The summed E-state index contributed by atoms with van der Waals surface area (Å²) in [5.74, 6) is 0. The van der Waals surface area contributed by atoms with Crippen LogP contribution in [0.1, 0.15) is 6.23 Å². The highest BCUT2D eigenvalue weighted by molar-refractivity contribution is 5.90. The number of fused-ring (bicyclic) bond motifs is 1. The zero-order valence-corrected chi connectivity index (χ0v) is 11.9. The monoisotopic (exact) mass is 319 g/mol. The molecule has 7 nitrogen and oxygen atoms in total. The molecule has 8 heteroatoms. The second kappa shape index (κ2) is 5.41. The first-order valence-corrected chi connectivity index (χ1v) is 7.13. The average Bonchev–Trinajstić information content (AvgIpc) is 3.28. The fourth-order valence-corrected chi connectivity index (χ4v) is 2.88. The molecule has 0 unspecified atom stereocenters. The molecule has 0 bridgehead atoms. The van der Waals surface area contributed by atoms with Crippen LogP contribution in [0.5, 0.6) is 0 Å². The van der Waals surface area contributed by atoms with E-state index in [0.29, 0.717) is 16.7 Å². The molecule has 120 valence electrons. The Labute approximate surface area is 130 Å². The Balaban J connectivity index is 1.80. The van der Waals surface area contributed by atoms with Gasteiger partial charge in [-0.3, -0.25) is 0 Å². The molecule has 2 N–H and O–H groups in total. The maximum atomic E-state index is 14.3. The summed E-state index contributed by atoms with van der Waals surface area (Å²) in [7, 11) is 0. The summed E-state index contributed by atoms with van der Waals surface area (Å²) in [5.41, 5.74) is 1.93. The lowest BCUT2D eigenvalue weighted by molar-refractivity contribution is -0.0457. The standard InChI is InChI=1S/C15H14FN3O4/c16-11-13(21)10(5-20)23-15(11)19-3-1-9-12(8-2-4-22-6-8)17-7-18-14(9)19/h1-4,6-7,10-11,13,15,20-21H,5H2/t10-,11-,13-,15-/m1/s1. The van der Waals surface area contributed by atoms with Gasteiger partial charge in [-0.05, 0) is 12.1 Å². The second-order valence-electron chi connectivity index (χ2n) is 5.38. The zero-order chi connectivity index (χ0) is 16.0. The van der Waals surface area contributed by atoms with Crippen LogP contribution in [0.2, 0.25) is 0 Å². The number of ether oxygens (including phenoxy) is 1. The number of aliphatic hydroxyl groups is 2. The summed E-state index contributed by atoms with van der Waals surface area (Å²) >= 11 is 0. The molecule has 0 radical (unpaired) electrons. The van der Waals surface area contributed by atoms with Gasteiger partial charge in [0.15, 0.2) is 12.4 Å². The van der Waals surface area contributed by atoms with Crippen molar-refractivity contribution in [1.82, 2.24) is 14.5 Å². The Morgan fingerprint density at radius 3 is 2.87 bits per heavy atom. The van der Waals surface area contributed by atoms with E-state index >= 15 is 0 Å². The number of hydrogen-bond donors (Lipinski definition) is 2. The first-order chi connectivity index (χ1) is 11.2. The van der Waals surface area contributed by atoms with E-state index in [4.69, 9.17) is 14.3 Å². The average molecular weight is 319 g/mol. The number of nitrogens with zero attached hydrogens (tertiary/aromatic N) is 3. The quantitative estimate of drug-likeness (QED) is 0.755. The van der Waals surface area contributed by atoms with Crippen molar-refractivity contribution in [3.05, 3.63) is 37.2 Å². The van der Waals surface area contributed by atoms with Gasteiger partial charge in [0, 0.05) is 17.1 Å². The molecule has 0 spiro atoms. The maximum absolute atomic E-state index is 14.3. The second-order valence-corrected chi connectivity index (χ2v) is 5.38. The number of halogens is 1. The van der Waals surface area contributed by atoms with Crippen LogP contribution < -0.4 is 0 Å². The summed E-state index contributed by atoms with van der Waals surface area (Å²) < 4.78 is 26.3. The first-order valence-electron chi connectivity index (χ1n) is 7.13. The lowest BCUT2D eigenvalue weighted by Crippen LogP contribution is -2.30. The van der Waals surface area contributed by atoms with E-state index in [9.17, 15) is 9.50 Å². The Kier molecular flexibility index (Phi) is 3.37. The number of furan rings is 1. The van der Waals surface area contributed by atoms with Crippen LogP contribution >= 0.6 is 0 Å². The summed E-state index contributed by atoms with van der Waals surface area (Å²) in [6, 6.07) is 3.53. The number of aliphatic hydroxyl groups excluding tert-OH is 2. The van der Waals surface area contributed by atoms with E-state index in [1.54, 1.807) is 30.9 Å². The fourth-order valence-electron chi connectivity index (χ4n) is 2.88. The van der Waals surface area contributed by atoms with E-state index < -0.39 is 31.2 Å². The van der Waals surface area contributed by atoms with Gasteiger partial charge in [0.2, 0.25) is 0 Å². The van der Waals surface area contributed by atoms with Crippen molar-refractivity contribution >= 4 is 11.0 Å². The molecule has 23 heavy (non-hydrogen) atoms. The maximum Gasteiger partial charge on any atom is 0.173 e. The third kappa shape index (κ3) is 2.14. The Bertz CT molecular complexity index is 819. The van der Waals surface area contributed by atoms with Crippen LogP contribution in [0.3, 0.4) is 0 Å². The molecular weight excluding hydrogens is 305 g/mol. The smallest absolute Gasteiger partial charge is 0.173 e. The van der Waals surface area contributed by atoms with Crippen molar-refractivity contribution in [2.45, 2.75) is 24.6 Å². The van der Waals surface area contributed by atoms with Crippen LogP contribution in [0, 0.1) is 0 Å². The molecule has 4 heterocycles. The number of rotatable bonds is 3. The molecule has 0 aromatic carbocycles. The third-order valence-electron chi connectivity index (χ3n) is 4.05. The van der Waals surface area contributed by atoms with Crippen molar-refractivity contribution < 1.29 is 23.8 Å². The molecule has 3 aromatic rings. The summed E-state index contributed by atoms with van der Waals surface area (Å²) in [4.78, 5) is 8.44. The lowest BCUT2D eigenvalue weighted by atomic mass is 10.1. The highest BCUT2D eigenvalue weighted by Crippen LogP contribution is 2.35. The van der Waals surface area contributed by atoms with E-state index in [1.807, 2.05) is 0 Å². The molecule has 1 fully saturated rings. The van der Waals surface area contributed by atoms with Crippen molar-refractivity contribution in [2.24, 2.45) is 0 Å². The summed E-state index contributed by atoms with van der Waals surface area (Å²) in [6.07, 6.45) is 1.08. The Morgan fingerprint density at radius 1 is 1.30 bits per heavy atom. The van der Waals surface area contributed by atoms with Crippen LogP contribution in [0.15, 0.2) is 41.6 Å². The van der Waals surface area contributed by atoms with Crippen molar-refractivity contribution in [3.8, 4) is 11.3 Å². The number of hydrogen-bond acceptors (Lipinski definition) is 6. The molecular formula is C15H14FN3O4. The van der Waals surface area contributed by atoms with Crippen LogP contribution in [-0.4, -0.2) is 49.7 Å². The van der Waals surface area contributed by atoms with Gasteiger partial charge in [0.25, 0.3) is 0 Å². The Morgan fingerprint density at radius 2 is 2.17 bits per heavy atom. The SMILES string of the molecule is OC[C@H]1O[C@@H](n2ccc3c(-c4ccoc4)ncnc32)[C@H](F)[C@@H]1O. The Hall–Kier alpha value is -2.29. The van der Waals surface area contributed by atoms with Crippen LogP contribution in [0.4, 0.5) is 4.39 Å². The predicted molar refractivity (Wildman–Crippen MR) is 77.1 cm³/mol.